The van der Waals surface area contributed by atoms with Gasteiger partial charge in [-0.2, -0.15) is 0 Å². The molecule has 7 heteroatoms. The average Bonchev–Trinajstić information content (AvgIpc) is 3.22. The number of hydrogen-bond donors (Lipinski definition) is 1. The summed E-state index contributed by atoms with van der Waals surface area (Å²) in [7, 11) is 1.62. The summed E-state index contributed by atoms with van der Waals surface area (Å²) in [5.74, 6) is 1.15. The minimum Gasteiger partial charge on any atom is -0.497 e. The molecule has 6 nitrogen and oxygen atoms in total. The van der Waals surface area contributed by atoms with Crippen LogP contribution >= 0.6 is 11.3 Å². The Hall–Kier alpha value is -2.41. The molecule has 1 aliphatic rings. The molecule has 0 bridgehead atoms. The predicted molar refractivity (Wildman–Crippen MR) is 115 cm³/mol. The van der Waals surface area contributed by atoms with E-state index < -0.39 is 0 Å². The number of nitrogens with zero attached hydrogens (tertiary/aromatic N) is 2. The molecule has 0 radical (unpaired) electrons. The molecule has 1 unspecified atom stereocenters. The van der Waals surface area contributed by atoms with Crippen molar-refractivity contribution < 1.29 is 14.3 Å². The average molecular weight is 416 g/mol. The first kappa shape index (κ1) is 21.3. The lowest BCUT2D eigenvalue weighted by Gasteiger charge is -2.32. The number of likely N-dealkylation sites (tertiary alicyclic amines) is 1. The van der Waals surface area contributed by atoms with Crippen molar-refractivity contribution in [2.45, 2.75) is 39.0 Å². The van der Waals surface area contributed by atoms with Crippen molar-refractivity contribution >= 4 is 23.2 Å². The molecule has 1 fully saturated rings. The predicted octanol–water partition coefficient (Wildman–Crippen LogP) is 3.49. The van der Waals surface area contributed by atoms with Crippen LogP contribution in [-0.4, -0.2) is 48.4 Å². The number of benzene rings is 1. The molecule has 2 aromatic rings. The summed E-state index contributed by atoms with van der Waals surface area (Å²) in [6, 6.07) is 7.27. The van der Waals surface area contributed by atoms with E-state index in [9.17, 15) is 9.59 Å². The molecule has 1 aliphatic heterocycles. The van der Waals surface area contributed by atoms with Crippen molar-refractivity contribution in [3.8, 4) is 5.75 Å². The second-order valence-electron chi connectivity index (χ2n) is 7.69. The third-order valence-electron chi connectivity index (χ3n) is 5.17. The van der Waals surface area contributed by atoms with E-state index in [0.29, 0.717) is 18.7 Å². The van der Waals surface area contributed by atoms with Crippen molar-refractivity contribution in [2.24, 2.45) is 5.92 Å². The highest BCUT2D eigenvalue weighted by molar-refractivity contribution is 7.09. The molecule has 0 spiro atoms. The van der Waals surface area contributed by atoms with Gasteiger partial charge < -0.3 is 15.0 Å². The van der Waals surface area contributed by atoms with E-state index in [-0.39, 0.29) is 23.7 Å². The Balaban J connectivity index is 1.57. The summed E-state index contributed by atoms with van der Waals surface area (Å²) in [6.07, 6.45) is 2.76. The van der Waals surface area contributed by atoms with Crippen LogP contribution in [0.15, 0.2) is 29.6 Å². The molecule has 1 saturated heterocycles. The van der Waals surface area contributed by atoms with Crippen LogP contribution in [0.2, 0.25) is 0 Å². The number of carbonyl (C=O) groups excluding carboxylic acids is 2. The van der Waals surface area contributed by atoms with Crippen LogP contribution < -0.4 is 10.1 Å². The van der Waals surface area contributed by atoms with E-state index in [1.54, 1.807) is 18.4 Å². The summed E-state index contributed by atoms with van der Waals surface area (Å²) in [6.45, 7) is 5.85. The Labute approximate surface area is 176 Å². The zero-order valence-corrected chi connectivity index (χ0v) is 18.1. The van der Waals surface area contributed by atoms with Crippen molar-refractivity contribution in [1.29, 1.82) is 0 Å². The van der Waals surface area contributed by atoms with Crippen molar-refractivity contribution in [1.82, 2.24) is 15.2 Å². The smallest absolute Gasteiger partial charge is 0.253 e. The highest BCUT2D eigenvalue weighted by atomic mass is 32.1. The number of carbonyl (C=O) groups is 2. The van der Waals surface area contributed by atoms with Gasteiger partial charge >= 0.3 is 0 Å². The van der Waals surface area contributed by atoms with Crippen molar-refractivity contribution in [3.63, 3.8) is 0 Å². The van der Waals surface area contributed by atoms with Crippen LogP contribution in [0, 0.1) is 5.92 Å². The van der Waals surface area contributed by atoms with Crippen molar-refractivity contribution in [2.75, 3.05) is 26.7 Å². The lowest BCUT2D eigenvalue weighted by atomic mass is 9.98. The van der Waals surface area contributed by atoms with Gasteiger partial charge in [-0.25, -0.2) is 4.98 Å². The topological polar surface area (TPSA) is 71.5 Å². The Morgan fingerprint density at radius 1 is 1.31 bits per heavy atom. The van der Waals surface area contributed by atoms with Crippen LogP contribution in [-0.2, 0) is 11.2 Å². The summed E-state index contributed by atoms with van der Waals surface area (Å²) in [5, 5.41) is 6.09. The number of rotatable bonds is 7. The lowest BCUT2D eigenvalue weighted by molar-refractivity contribution is -0.123. The maximum Gasteiger partial charge on any atom is 0.253 e. The molecule has 1 N–H and O–H groups in total. The van der Waals surface area contributed by atoms with Gasteiger partial charge in [-0.15, -0.1) is 11.3 Å². The minimum absolute atomic E-state index is 0.00236. The SMILES string of the molecule is COc1ccc(C(=O)N2CCCC(c3nc(CCNC(=O)C(C)C)cs3)C2)cc1. The molecule has 2 amide bonds. The Bertz CT molecular complexity index is 832. The molecule has 1 atom stereocenters. The number of methoxy groups -OCH3 is 1. The summed E-state index contributed by atoms with van der Waals surface area (Å²) >= 11 is 1.66. The third kappa shape index (κ3) is 5.56. The molecular weight excluding hydrogens is 386 g/mol. The Kier molecular flexibility index (Phi) is 7.25. The van der Waals surface area contributed by atoms with Crippen molar-refractivity contribution in [3.05, 3.63) is 45.9 Å². The van der Waals surface area contributed by atoms with E-state index in [1.165, 1.54) is 0 Å². The molecule has 2 heterocycles. The van der Waals surface area contributed by atoms with E-state index in [2.05, 4.69) is 10.7 Å². The minimum atomic E-state index is -0.00236. The number of hydrogen-bond acceptors (Lipinski definition) is 5. The first-order valence-corrected chi connectivity index (χ1v) is 11.0. The molecule has 0 aliphatic carbocycles. The zero-order valence-electron chi connectivity index (χ0n) is 17.3. The van der Waals surface area contributed by atoms with E-state index in [4.69, 9.17) is 9.72 Å². The summed E-state index contributed by atoms with van der Waals surface area (Å²) in [5.41, 5.74) is 1.69. The van der Waals surface area contributed by atoms with Gasteiger partial charge in [-0.1, -0.05) is 13.8 Å². The number of piperidine rings is 1. The molecule has 156 valence electrons. The van der Waals surface area contributed by atoms with Gasteiger partial charge in [0.15, 0.2) is 0 Å². The maximum atomic E-state index is 12.9. The zero-order chi connectivity index (χ0) is 20.8. The van der Waals surface area contributed by atoms with Gasteiger partial charge in [-0.05, 0) is 37.1 Å². The van der Waals surface area contributed by atoms with E-state index >= 15 is 0 Å². The van der Waals surface area contributed by atoms with Gasteiger partial charge in [0.2, 0.25) is 5.91 Å². The number of thiazole rings is 1. The Morgan fingerprint density at radius 3 is 2.76 bits per heavy atom. The number of amides is 2. The summed E-state index contributed by atoms with van der Waals surface area (Å²) in [4.78, 5) is 31.2. The molecule has 1 aromatic carbocycles. The van der Waals surface area contributed by atoms with E-state index in [1.807, 2.05) is 43.0 Å². The number of nitrogens with one attached hydrogen (secondary N) is 1. The molecule has 1 aromatic heterocycles. The largest absolute Gasteiger partial charge is 0.497 e. The standard InChI is InChI=1S/C22H29N3O3S/c1-15(2)20(26)23-11-10-18-14-29-21(24-18)17-5-4-12-25(13-17)22(27)16-6-8-19(28-3)9-7-16/h6-9,14-15,17H,4-5,10-13H2,1-3H3,(H,23,26). The van der Waals surface area contributed by atoms with Gasteiger partial charge in [0.05, 0.1) is 17.8 Å². The highest BCUT2D eigenvalue weighted by Gasteiger charge is 2.27. The maximum absolute atomic E-state index is 12.9. The van der Waals surface area contributed by atoms with Gasteiger partial charge in [-0.3, -0.25) is 9.59 Å². The second-order valence-corrected chi connectivity index (χ2v) is 8.58. The van der Waals surface area contributed by atoms with Crippen LogP contribution in [0.1, 0.15) is 53.7 Å². The van der Waals surface area contributed by atoms with E-state index in [0.717, 1.165) is 42.3 Å². The fraction of sp³-hybridized carbons (Fsp3) is 0.500. The number of aromatic nitrogens is 1. The van der Waals surface area contributed by atoms with Gasteiger partial charge in [0.25, 0.3) is 5.91 Å². The quantitative estimate of drug-likeness (QED) is 0.751. The second kappa shape index (κ2) is 9.87. The monoisotopic (exact) mass is 415 g/mol. The summed E-state index contributed by atoms with van der Waals surface area (Å²) < 4.78 is 5.17. The lowest BCUT2D eigenvalue weighted by Crippen LogP contribution is -2.39. The first-order valence-electron chi connectivity index (χ1n) is 10.1. The van der Waals surface area contributed by atoms with Gasteiger partial charge in [0.1, 0.15) is 5.75 Å². The van der Waals surface area contributed by atoms with Crippen LogP contribution in [0.4, 0.5) is 0 Å². The van der Waals surface area contributed by atoms with Crippen LogP contribution in [0.25, 0.3) is 0 Å². The van der Waals surface area contributed by atoms with Crippen LogP contribution in [0.5, 0.6) is 5.75 Å². The fourth-order valence-corrected chi connectivity index (χ4v) is 4.40. The normalized spacial score (nSPS) is 16.7. The van der Waals surface area contributed by atoms with Crippen LogP contribution in [0.3, 0.4) is 0 Å². The number of ether oxygens (including phenoxy) is 1. The molecule has 0 saturated carbocycles. The molecule has 29 heavy (non-hydrogen) atoms. The molecule has 3 rings (SSSR count). The highest BCUT2D eigenvalue weighted by Crippen LogP contribution is 2.30. The third-order valence-corrected chi connectivity index (χ3v) is 6.23. The molecular formula is C22H29N3O3S. The van der Waals surface area contributed by atoms with Gasteiger partial charge in [0, 0.05) is 48.8 Å². The fourth-order valence-electron chi connectivity index (χ4n) is 3.42. The Morgan fingerprint density at radius 2 is 2.07 bits per heavy atom. The first-order chi connectivity index (χ1) is 14.0.